The summed E-state index contributed by atoms with van der Waals surface area (Å²) in [6.45, 7) is 1.38. The summed E-state index contributed by atoms with van der Waals surface area (Å²) in [5.74, 6) is 2.19. The molecule has 0 spiro atoms. The van der Waals surface area contributed by atoms with Gasteiger partial charge in [0.2, 0.25) is 17.5 Å². The number of aromatic nitrogens is 2. The van der Waals surface area contributed by atoms with Crippen molar-refractivity contribution in [3.8, 4) is 28.6 Å². The summed E-state index contributed by atoms with van der Waals surface area (Å²) in [6, 6.07) is 10.5. The van der Waals surface area contributed by atoms with Crippen LogP contribution < -0.4 is 14.2 Å². The molecule has 0 radical (unpaired) electrons. The molecular formula is C23H26FN3O4. The first-order valence-electron chi connectivity index (χ1n) is 10.3. The maximum Gasteiger partial charge on any atom is 0.241 e. The van der Waals surface area contributed by atoms with Gasteiger partial charge in [-0.15, -0.1) is 0 Å². The number of rotatable bonds is 7. The van der Waals surface area contributed by atoms with Crippen LogP contribution in [-0.2, 0) is 6.54 Å². The van der Waals surface area contributed by atoms with E-state index in [-0.39, 0.29) is 11.9 Å². The normalized spacial score (nSPS) is 16.8. The van der Waals surface area contributed by atoms with Crippen LogP contribution >= 0.6 is 0 Å². The van der Waals surface area contributed by atoms with Gasteiger partial charge in [-0.1, -0.05) is 23.7 Å². The lowest BCUT2D eigenvalue weighted by molar-refractivity contribution is 0.123. The molecule has 1 saturated heterocycles. The predicted molar refractivity (Wildman–Crippen MR) is 113 cm³/mol. The van der Waals surface area contributed by atoms with Gasteiger partial charge in [-0.05, 0) is 49.2 Å². The second-order valence-corrected chi connectivity index (χ2v) is 7.43. The van der Waals surface area contributed by atoms with Crippen LogP contribution in [0.3, 0.4) is 0 Å². The molecule has 0 saturated carbocycles. The van der Waals surface area contributed by atoms with Gasteiger partial charge in [-0.2, -0.15) is 4.98 Å². The van der Waals surface area contributed by atoms with Crippen LogP contribution in [0.4, 0.5) is 4.39 Å². The lowest BCUT2D eigenvalue weighted by atomic mass is 9.95. The highest BCUT2D eigenvalue weighted by Crippen LogP contribution is 2.43. The monoisotopic (exact) mass is 427 g/mol. The van der Waals surface area contributed by atoms with Gasteiger partial charge in [0.05, 0.1) is 33.4 Å². The largest absolute Gasteiger partial charge is 0.493 e. The van der Waals surface area contributed by atoms with Gasteiger partial charge < -0.3 is 18.7 Å². The van der Waals surface area contributed by atoms with E-state index in [1.165, 1.54) is 6.07 Å². The Bertz CT molecular complexity index is 1040. The molecule has 0 amide bonds. The fraction of sp³-hybridized carbons (Fsp3) is 0.391. The van der Waals surface area contributed by atoms with E-state index in [0.29, 0.717) is 41.1 Å². The molecule has 8 heteroatoms. The summed E-state index contributed by atoms with van der Waals surface area (Å²) in [4.78, 5) is 6.86. The first-order chi connectivity index (χ1) is 15.1. The van der Waals surface area contributed by atoms with E-state index in [0.717, 1.165) is 31.4 Å². The lowest BCUT2D eigenvalue weighted by Crippen LogP contribution is -2.33. The first-order valence-corrected chi connectivity index (χ1v) is 10.3. The van der Waals surface area contributed by atoms with Crippen LogP contribution in [0.15, 0.2) is 40.9 Å². The number of halogens is 1. The molecule has 1 aliphatic rings. The maximum atomic E-state index is 13.8. The molecule has 0 unspecified atom stereocenters. The van der Waals surface area contributed by atoms with E-state index in [4.69, 9.17) is 18.7 Å². The van der Waals surface area contributed by atoms with Crippen molar-refractivity contribution in [2.45, 2.75) is 31.8 Å². The van der Waals surface area contributed by atoms with Gasteiger partial charge in [0.15, 0.2) is 11.5 Å². The Labute approximate surface area is 180 Å². The summed E-state index contributed by atoms with van der Waals surface area (Å²) in [7, 11) is 4.67. The molecule has 4 rings (SSSR count). The molecule has 0 bridgehead atoms. The van der Waals surface area contributed by atoms with E-state index in [2.05, 4.69) is 15.0 Å². The molecule has 7 nitrogen and oxygen atoms in total. The van der Waals surface area contributed by atoms with Crippen molar-refractivity contribution >= 4 is 0 Å². The second-order valence-electron chi connectivity index (χ2n) is 7.43. The third kappa shape index (κ3) is 4.34. The minimum absolute atomic E-state index is 0.121. The average molecular weight is 427 g/mol. The van der Waals surface area contributed by atoms with Crippen LogP contribution in [0.1, 0.15) is 36.8 Å². The Morgan fingerprint density at radius 2 is 1.90 bits per heavy atom. The Morgan fingerprint density at radius 1 is 1.06 bits per heavy atom. The molecule has 2 heterocycles. The summed E-state index contributed by atoms with van der Waals surface area (Å²) in [5, 5.41) is 4.15. The minimum atomic E-state index is -0.219. The summed E-state index contributed by atoms with van der Waals surface area (Å²) < 4.78 is 35.6. The smallest absolute Gasteiger partial charge is 0.241 e. The second kappa shape index (κ2) is 9.34. The maximum absolute atomic E-state index is 13.8. The van der Waals surface area contributed by atoms with Gasteiger partial charge in [-0.25, -0.2) is 4.39 Å². The number of hydrogen-bond donors (Lipinski definition) is 0. The summed E-state index contributed by atoms with van der Waals surface area (Å²) in [5.41, 5.74) is 1.62. The van der Waals surface area contributed by atoms with E-state index >= 15 is 0 Å². The van der Waals surface area contributed by atoms with Crippen molar-refractivity contribution in [1.82, 2.24) is 15.0 Å². The third-order valence-corrected chi connectivity index (χ3v) is 5.60. The number of nitrogens with zero attached hydrogens (tertiary/aromatic N) is 3. The van der Waals surface area contributed by atoms with Crippen LogP contribution in [-0.4, -0.2) is 42.9 Å². The number of likely N-dealkylation sites (tertiary alicyclic amines) is 1. The topological polar surface area (TPSA) is 69.9 Å². The third-order valence-electron chi connectivity index (χ3n) is 5.60. The molecule has 1 atom stereocenters. The lowest BCUT2D eigenvalue weighted by Gasteiger charge is -2.35. The van der Waals surface area contributed by atoms with E-state index in [9.17, 15) is 4.39 Å². The van der Waals surface area contributed by atoms with Crippen LogP contribution in [0.25, 0.3) is 11.4 Å². The van der Waals surface area contributed by atoms with Crippen molar-refractivity contribution in [1.29, 1.82) is 0 Å². The number of benzene rings is 2. The molecular weight excluding hydrogens is 401 g/mol. The highest BCUT2D eigenvalue weighted by molar-refractivity contribution is 5.72. The quantitative estimate of drug-likeness (QED) is 0.544. The zero-order valence-corrected chi connectivity index (χ0v) is 17.9. The van der Waals surface area contributed by atoms with Crippen LogP contribution in [0, 0.1) is 5.82 Å². The van der Waals surface area contributed by atoms with Gasteiger partial charge in [0, 0.05) is 6.04 Å². The number of piperidine rings is 1. The fourth-order valence-corrected chi connectivity index (χ4v) is 4.15. The highest BCUT2D eigenvalue weighted by Gasteiger charge is 2.27. The van der Waals surface area contributed by atoms with Crippen molar-refractivity contribution in [2.75, 3.05) is 27.9 Å². The summed E-state index contributed by atoms with van der Waals surface area (Å²) in [6.07, 6.45) is 3.15. The van der Waals surface area contributed by atoms with E-state index in [1.807, 2.05) is 12.1 Å². The Morgan fingerprint density at radius 3 is 2.65 bits per heavy atom. The van der Waals surface area contributed by atoms with Crippen molar-refractivity contribution in [3.05, 3.63) is 53.7 Å². The van der Waals surface area contributed by atoms with E-state index < -0.39 is 0 Å². The van der Waals surface area contributed by atoms with E-state index in [1.54, 1.807) is 39.5 Å². The zero-order valence-electron chi connectivity index (χ0n) is 17.9. The zero-order chi connectivity index (χ0) is 21.8. The number of methoxy groups -OCH3 is 3. The molecule has 3 aromatic rings. The van der Waals surface area contributed by atoms with Crippen molar-refractivity contribution < 1.29 is 23.1 Å². The first kappa shape index (κ1) is 21.1. The van der Waals surface area contributed by atoms with Gasteiger partial charge >= 0.3 is 0 Å². The van der Waals surface area contributed by atoms with Gasteiger partial charge in [0.25, 0.3) is 0 Å². The molecule has 1 fully saturated rings. The molecule has 164 valence electrons. The molecule has 2 aromatic carbocycles. The van der Waals surface area contributed by atoms with Crippen molar-refractivity contribution in [2.24, 2.45) is 0 Å². The van der Waals surface area contributed by atoms with Gasteiger partial charge in [-0.3, -0.25) is 4.90 Å². The van der Waals surface area contributed by atoms with Crippen LogP contribution in [0.2, 0.25) is 0 Å². The molecule has 0 aliphatic carbocycles. The van der Waals surface area contributed by atoms with Crippen molar-refractivity contribution in [3.63, 3.8) is 0 Å². The summed E-state index contributed by atoms with van der Waals surface area (Å²) >= 11 is 0. The Hall–Kier alpha value is -3.13. The molecule has 0 N–H and O–H groups in total. The number of ether oxygens (including phenoxy) is 3. The van der Waals surface area contributed by atoms with Crippen LogP contribution in [0.5, 0.6) is 17.2 Å². The minimum Gasteiger partial charge on any atom is -0.493 e. The Balaban J connectivity index is 1.59. The van der Waals surface area contributed by atoms with Gasteiger partial charge in [0.1, 0.15) is 5.82 Å². The Kier molecular flexibility index (Phi) is 6.36. The predicted octanol–water partition coefficient (Wildman–Crippen LogP) is 4.63. The standard InChI is InChI=1S/C23H26FN3O4/c1-28-19-11-10-17(21(29-2)22(19)30-3)23-25-20(31-26-23)14-27-12-5-4-9-18(27)15-7-6-8-16(24)13-15/h6-8,10-11,13,18H,4-5,9,12,14H2,1-3H3/t18-/m0/s1. The molecule has 31 heavy (non-hydrogen) atoms. The SMILES string of the molecule is COc1ccc(-c2noc(CN3CCCC[C@H]3c3cccc(F)c3)n2)c(OC)c1OC. The number of hydrogen-bond acceptors (Lipinski definition) is 7. The molecule has 1 aromatic heterocycles. The highest BCUT2D eigenvalue weighted by atomic mass is 19.1. The fourth-order valence-electron chi connectivity index (χ4n) is 4.15. The molecule has 1 aliphatic heterocycles. The average Bonchev–Trinajstić information content (AvgIpc) is 3.26.